The standard InChI is InChI=1S/C16H22N2O2/c1-12(2)16(20)18-10-8-13(9-11-18)15(19)17-14-6-4-3-5-7-14/h3-7,12-13H,8-11H2,1-2H3,(H,17,19). The molecule has 0 aliphatic carbocycles. The van der Waals surface area contributed by atoms with Crippen molar-refractivity contribution < 1.29 is 9.59 Å². The lowest BCUT2D eigenvalue weighted by molar-refractivity contribution is -0.137. The molecule has 0 aromatic heterocycles. The van der Waals surface area contributed by atoms with E-state index in [1.54, 1.807) is 0 Å². The predicted molar refractivity (Wildman–Crippen MR) is 79.2 cm³/mol. The SMILES string of the molecule is CC(C)C(=O)N1CCC(C(=O)Nc2ccccc2)CC1. The Morgan fingerprint density at radius 1 is 1.15 bits per heavy atom. The van der Waals surface area contributed by atoms with Crippen LogP contribution in [0.25, 0.3) is 0 Å². The number of rotatable bonds is 3. The van der Waals surface area contributed by atoms with Gasteiger partial charge in [-0.2, -0.15) is 0 Å². The van der Waals surface area contributed by atoms with Gasteiger partial charge in [-0.1, -0.05) is 32.0 Å². The molecule has 4 heteroatoms. The van der Waals surface area contributed by atoms with Crippen LogP contribution in [-0.2, 0) is 9.59 Å². The molecule has 2 rings (SSSR count). The molecule has 1 N–H and O–H groups in total. The molecule has 0 saturated carbocycles. The van der Waals surface area contributed by atoms with Crippen molar-refractivity contribution >= 4 is 17.5 Å². The minimum atomic E-state index is 0.00594. The molecule has 0 radical (unpaired) electrons. The molecule has 1 aromatic rings. The molecule has 108 valence electrons. The van der Waals surface area contributed by atoms with E-state index in [0.29, 0.717) is 13.1 Å². The summed E-state index contributed by atoms with van der Waals surface area (Å²) >= 11 is 0. The molecular weight excluding hydrogens is 252 g/mol. The minimum absolute atomic E-state index is 0.00594. The van der Waals surface area contributed by atoms with Crippen LogP contribution >= 0.6 is 0 Å². The maximum absolute atomic E-state index is 12.2. The Labute approximate surface area is 120 Å². The zero-order valence-corrected chi connectivity index (χ0v) is 12.1. The average Bonchev–Trinajstić information content (AvgIpc) is 2.47. The molecule has 4 nitrogen and oxygen atoms in total. The molecule has 1 heterocycles. The van der Waals surface area contributed by atoms with E-state index < -0.39 is 0 Å². The molecule has 1 saturated heterocycles. The number of anilines is 1. The normalized spacial score (nSPS) is 16.2. The molecule has 0 spiro atoms. The lowest BCUT2D eigenvalue weighted by atomic mass is 9.95. The molecule has 0 bridgehead atoms. The Bertz CT molecular complexity index is 463. The number of hydrogen-bond acceptors (Lipinski definition) is 2. The van der Waals surface area contributed by atoms with Crippen molar-refractivity contribution in [2.75, 3.05) is 18.4 Å². The van der Waals surface area contributed by atoms with Crippen LogP contribution in [0.15, 0.2) is 30.3 Å². The van der Waals surface area contributed by atoms with E-state index in [-0.39, 0.29) is 23.7 Å². The van der Waals surface area contributed by atoms with Crippen LogP contribution in [0, 0.1) is 11.8 Å². The molecule has 1 aromatic carbocycles. The first-order chi connectivity index (χ1) is 9.58. The number of carbonyl (C=O) groups is 2. The Morgan fingerprint density at radius 2 is 1.75 bits per heavy atom. The van der Waals surface area contributed by atoms with Gasteiger partial charge < -0.3 is 10.2 Å². The third-order valence-corrected chi connectivity index (χ3v) is 3.71. The smallest absolute Gasteiger partial charge is 0.227 e. The van der Waals surface area contributed by atoms with Gasteiger partial charge in [0.05, 0.1) is 0 Å². The Hall–Kier alpha value is -1.84. The Balaban J connectivity index is 1.84. The largest absolute Gasteiger partial charge is 0.342 e. The van der Waals surface area contributed by atoms with Crippen LogP contribution < -0.4 is 5.32 Å². The lowest BCUT2D eigenvalue weighted by Gasteiger charge is -2.32. The summed E-state index contributed by atoms with van der Waals surface area (Å²) in [5.74, 6) is 0.288. The summed E-state index contributed by atoms with van der Waals surface area (Å²) in [6, 6.07) is 9.50. The van der Waals surface area contributed by atoms with Crippen LogP contribution in [0.1, 0.15) is 26.7 Å². The Kier molecular flexibility index (Phi) is 4.77. The first kappa shape index (κ1) is 14.6. The third kappa shape index (κ3) is 3.59. The van der Waals surface area contributed by atoms with Gasteiger partial charge in [0.25, 0.3) is 0 Å². The maximum atomic E-state index is 12.2. The van der Waals surface area contributed by atoms with Gasteiger partial charge in [-0.3, -0.25) is 9.59 Å². The number of hydrogen-bond donors (Lipinski definition) is 1. The van der Waals surface area contributed by atoms with Crippen molar-refractivity contribution in [2.24, 2.45) is 11.8 Å². The van der Waals surface area contributed by atoms with Gasteiger partial charge in [-0.15, -0.1) is 0 Å². The van der Waals surface area contributed by atoms with Crippen molar-refractivity contribution in [3.63, 3.8) is 0 Å². The summed E-state index contributed by atoms with van der Waals surface area (Å²) < 4.78 is 0. The van der Waals surface area contributed by atoms with Crippen LogP contribution in [0.3, 0.4) is 0 Å². The summed E-state index contributed by atoms with van der Waals surface area (Å²) in [6.45, 7) is 5.20. The van der Waals surface area contributed by atoms with Gasteiger partial charge in [0, 0.05) is 30.6 Å². The zero-order valence-electron chi connectivity index (χ0n) is 12.1. The second-order valence-corrected chi connectivity index (χ2v) is 5.61. The van der Waals surface area contributed by atoms with E-state index in [0.717, 1.165) is 18.5 Å². The van der Waals surface area contributed by atoms with Gasteiger partial charge in [0.1, 0.15) is 0 Å². The molecule has 1 aliphatic heterocycles. The van der Waals surface area contributed by atoms with E-state index >= 15 is 0 Å². The predicted octanol–water partition coefficient (Wildman–Crippen LogP) is 2.52. The molecule has 1 aliphatic rings. The van der Waals surface area contributed by atoms with Crippen LogP contribution in [0.4, 0.5) is 5.69 Å². The molecular formula is C16H22N2O2. The Morgan fingerprint density at radius 3 is 2.30 bits per heavy atom. The number of piperidine rings is 1. The monoisotopic (exact) mass is 274 g/mol. The van der Waals surface area contributed by atoms with Crippen LogP contribution in [0.5, 0.6) is 0 Å². The van der Waals surface area contributed by atoms with Crippen molar-refractivity contribution in [1.29, 1.82) is 0 Å². The van der Waals surface area contributed by atoms with E-state index in [1.807, 2.05) is 49.1 Å². The third-order valence-electron chi connectivity index (χ3n) is 3.71. The summed E-state index contributed by atoms with van der Waals surface area (Å²) in [5, 5.41) is 2.94. The van der Waals surface area contributed by atoms with E-state index in [2.05, 4.69) is 5.32 Å². The highest BCUT2D eigenvalue weighted by Crippen LogP contribution is 2.20. The highest BCUT2D eigenvalue weighted by atomic mass is 16.2. The number of carbonyl (C=O) groups excluding carboxylic acids is 2. The second-order valence-electron chi connectivity index (χ2n) is 5.61. The number of nitrogens with zero attached hydrogens (tertiary/aromatic N) is 1. The number of nitrogens with one attached hydrogen (secondary N) is 1. The van der Waals surface area contributed by atoms with Crippen LogP contribution in [-0.4, -0.2) is 29.8 Å². The number of likely N-dealkylation sites (tertiary alicyclic amines) is 1. The molecule has 0 unspecified atom stereocenters. The van der Waals surface area contributed by atoms with E-state index in [1.165, 1.54) is 0 Å². The summed E-state index contributed by atoms with van der Waals surface area (Å²) in [6.07, 6.45) is 1.49. The fraction of sp³-hybridized carbons (Fsp3) is 0.500. The van der Waals surface area contributed by atoms with Crippen molar-refractivity contribution in [3.05, 3.63) is 30.3 Å². The quantitative estimate of drug-likeness (QED) is 0.920. The first-order valence-corrected chi connectivity index (χ1v) is 7.22. The van der Waals surface area contributed by atoms with Gasteiger partial charge in [-0.05, 0) is 25.0 Å². The van der Waals surface area contributed by atoms with Crippen molar-refractivity contribution in [1.82, 2.24) is 4.90 Å². The zero-order chi connectivity index (χ0) is 14.5. The fourth-order valence-electron chi connectivity index (χ4n) is 2.49. The van der Waals surface area contributed by atoms with Gasteiger partial charge in [0.15, 0.2) is 0 Å². The second kappa shape index (κ2) is 6.55. The van der Waals surface area contributed by atoms with Crippen LogP contribution in [0.2, 0.25) is 0 Å². The number of para-hydroxylation sites is 1. The van der Waals surface area contributed by atoms with E-state index in [9.17, 15) is 9.59 Å². The average molecular weight is 274 g/mol. The maximum Gasteiger partial charge on any atom is 0.227 e. The van der Waals surface area contributed by atoms with Crippen molar-refractivity contribution in [3.8, 4) is 0 Å². The minimum Gasteiger partial charge on any atom is -0.342 e. The van der Waals surface area contributed by atoms with E-state index in [4.69, 9.17) is 0 Å². The highest BCUT2D eigenvalue weighted by molar-refractivity contribution is 5.92. The molecule has 2 amide bonds. The molecule has 0 atom stereocenters. The van der Waals surface area contributed by atoms with Gasteiger partial charge >= 0.3 is 0 Å². The molecule has 20 heavy (non-hydrogen) atoms. The van der Waals surface area contributed by atoms with Gasteiger partial charge in [-0.25, -0.2) is 0 Å². The fourth-order valence-corrected chi connectivity index (χ4v) is 2.49. The first-order valence-electron chi connectivity index (χ1n) is 7.22. The topological polar surface area (TPSA) is 49.4 Å². The molecule has 1 fully saturated rings. The van der Waals surface area contributed by atoms with Gasteiger partial charge in [0.2, 0.25) is 11.8 Å². The number of benzene rings is 1. The summed E-state index contributed by atoms with van der Waals surface area (Å²) in [7, 11) is 0. The number of amides is 2. The summed E-state index contributed by atoms with van der Waals surface area (Å²) in [5.41, 5.74) is 0.832. The summed E-state index contributed by atoms with van der Waals surface area (Å²) in [4.78, 5) is 25.9. The highest BCUT2D eigenvalue weighted by Gasteiger charge is 2.28. The lowest BCUT2D eigenvalue weighted by Crippen LogP contribution is -2.43. The van der Waals surface area contributed by atoms with Crippen molar-refractivity contribution in [2.45, 2.75) is 26.7 Å².